The van der Waals surface area contributed by atoms with Crippen molar-refractivity contribution in [2.24, 2.45) is 10.7 Å². The quantitative estimate of drug-likeness (QED) is 0.483. The molecule has 0 atom stereocenters. The summed E-state index contributed by atoms with van der Waals surface area (Å²) in [6, 6.07) is 7.24. The Hall–Kier alpha value is -1.99. The second-order valence-corrected chi connectivity index (χ2v) is 4.99. The van der Waals surface area contributed by atoms with E-state index < -0.39 is 11.7 Å². The zero-order valence-electron chi connectivity index (χ0n) is 11.4. The van der Waals surface area contributed by atoms with Crippen molar-refractivity contribution in [3.8, 4) is 11.6 Å². The standard InChI is InChI=1S/C14H10Cl2F3N3O/c15-6-12(20)22-10-3-1-2-4-11(10)23-13-9(16)5-8(7-21-13)14(17,18)19/h1-5,7H,6H2,(H2,20,22). The van der Waals surface area contributed by atoms with Crippen LogP contribution in [-0.4, -0.2) is 16.7 Å². The molecule has 0 spiro atoms. The second kappa shape index (κ2) is 7.06. The summed E-state index contributed by atoms with van der Waals surface area (Å²) in [5.74, 6) is 0.240. The molecule has 0 aliphatic carbocycles. The van der Waals surface area contributed by atoms with Crippen LogP contribution in [0.25, 0.3) is 0 Å². The molecule has 0 saturated carbocycles. The van der Waals surface area contributed by atoms with Crippen LogP contribution in [0.15, 0.2) is 41.5 Å². The van der Waals surface area contributed by atoms with Crippen LogP contribution in [0.4, 0.5) is 18.9 Å². The normalized spacial score (nSPS) is 12.3. The van der Waals surface area contributed by atoms with E-state index in [0.29, 0.717) is 11.9 Å². The van der Waals surface area contributed by atoms with Gasteiger partial charge in [-0.3, -0.25) is 0 Å². The molecule has 0 aliphatic heterocycles. The van der Waals surface area contributed by atoms with Crippen molar-refractivity contribution in [1.82, 2.24) is 4.98 Å². The van der Waals surface area contributed by atoms with Crippen molar-refractivity contribution < 1.29 is 17.9 Å². The van der Waals surface area contributed by atoms with Crippen molar-refractivity contribution in [3.05, 3.63) is 47.1 Å². The molecular weight excluding hydrogens is 354 g/mol. The Balaban J connectivity index is 2.34. The monoisotopic (exact) mass is 363 g/mol. The number of benzene rings is 1. The number of pyridine rings is 1. The Morgan fingerprint density at radius 3 is 2.61 bits per heavy atom. The van der Waals surface area contributed by atoms with E-state index in [0.717, 1.165) is 6.07 Å². The lowest BCUT2D eigenvalue weighted by atomic mass is 10.3. The average Bonchev–Trinajstić information content (AvgIpc) is 2.50. The lowest BCUT2D eigenvalue weighted by Gasteiger charge is -2.11. The lowest BCUT2D eigenvalue weighted by Crippen LogP contribution is -2.12. The first kappa shape index (κ1) is 17.4. The largest absolute Gasteiger partial charge is 0.435 e. The minimum absolute atomic E-state index is 0.0214. The topological polar surface area (TPSA) is 60.5 Å². The van der Waals surface area contributed by atoms with Crippen LogP contribution < -0.4 is 10.5 Å². The number of ether oxygens (including phenoxy) is 1. The molecule has 1 aromatic heterocycles. The number of alkyl halides is 4. The lowest BCUT2D eigenvalue weighted by molar-refractivity contribution is -0.137. The fourth-order valence-electron chi connectivity index (χ4n) is 1.58. The summed E-state index contributed by atoms with van der Waals surface area (Å²) >= 11 is 11.4. The van der Waals surface area contributed by atoms with E-state index in [1.807, 2.05) is 0 Å². The number of nitrogens with zero attached hydrogens (tertiary/aromatic N) is 2. The molecule has 0 aliphatic rings. The first-order chi connectivity index (χ1) is 10.8. The zero-order chi connectivity index (χ0) is 17.0. The van der Waals surface area contributed by atoms with Gasteiger partial charge in [-0.2, -0.15) is 13.2 Å². The van der Waals surface area contributed by atoms with Gasteiger partial charge in [0, 0.05) is 6.20 Å². The second-order valence-electron chi connectivity index (χ2n) is 4.32. The van der Waals surface area contributed by atoms with Gasteiger partial charge in [0.1, 0.15) is 16.5 Å². The third-order valence-corrected chi connectivity index (χ3v) is 3.15. The molecule has 0 unspecified atom stereocenters. The number of halogens is 5. The molecule has 4 nitrogen and oxygen atoms in total. The van der Waals surface area contributed by atoms with Crippen molar-refractivity contribution in [3.63, 3.8) is 0 Å². The Morgan fingerprint density at radius 2 is 2.00 bits per heavy atom. The minimum Gasteiger partial charge on any atom is -0.435 e. The summed E-state index contributed by atoms with van der Waals surface area (Å²) < 4.78 is 43.2. The fourth-order valence-corrected chi connectivity index (χ4v) is 1.84. The molecule has 0 saturated heterocycles. The van der Waals surface area contributed by atoms with Crippen LogP contribution in [0.2, 0.25) is 5.02 Å². The molecular formula is C14H10Cl2F3N3O. The Kier molecular flexibility index (Phi) is 5.33. The van der Waals surface area contributed by atoms with Gasteiger partial charge in [0.25, 0.3) is 0 Å². The maximum absolute atomic E-state index is 12.6. The predicted octanol–water partition coefficient (Wildman–Crippen LogP) is 4.77. The van der Waals surface area contributed by atoms with Crippen molar-refractivity contribution in [1.29, 1.82) is 0 Å². The van der Waals surface area contributed by atoms with E-state index in [2.05, 4.69) is 9.98 Å². The van der Waals surface area contributed by atoms with Crippen LogP contribution in [-0.2, 0) is 6.18 Å². The van der Waals surface area contributed by atoms with Crippen molar-refractivity contribution in [2.45, 2.75) is 6.18 Å². The molecule has 1 heterocycles. The smallest absolute Gasteiger partial charge is 0.417 e. The molecule has 1 aromatic carbocycles. The van der Waals surface area contributed by atoms with Gasteiger partial charge >= 0.3 is 6.18 Å². The molecule has 0 bridgehead atoms. The molecule has 2 rings (SSSR count). The van der Waals surface area contributed by atoms with Crippen LogP contribution in [0.3, 0.4) is 0 Å². The SMILES string of the molecule is NC(CCl)=Nc1ccccc1Oc1ncc(C(F)(F)F)cc1Cl. The summed E-state index contributed by atoms with van der Waals surface area (Å²) in [5.41, 5.74) is 4.95. The van der Waals surface area contributed by atoms with E-state index in [-0.39, 0.29) is 28.4 Å². The molecule has 0 fully saturated rings. The van der Waals surface area contributed by atoms with Gasteiger partial charge in [0.05, 0.1) is 11.4 Å². The van der Waals surface area contributed by atoms with Gasteiger partial charge in [-0.1, -0.05) is 23.7 Å². The maximum atomic E-state index is 12.6. The van der Waals surface area contributed by atoms with E-state index in [1.165, 1.54) is 0 Å². The number of para-hydroxylation sites is 2. The summed E-state index contributed by atoms with van der Waals surface area (Å²) in [6.07, 6.45) is -3.90. The summed E-state index contributed by atoms with van der Waals surface area (Å²) in [4.78, 5) is 7.65. The van der Waals surface area contributed by atoms with Crippen molar-refractivity contribution in [2.75, 3.05) is 5.88 Å². The van der Waals surface area contributed by atoms with E-state index in [9.17, 15) is 13.2 Å². The molecule has 0 radical (unpaired) electrons. The van der Waals surface area contributed by atoms with Crippen LogP contribution in [0.5, 0.6) is 11.6 Å². The van der Waals surface area contributed by atoms with Crippen molar-refractivity contribution >= 4 is 34.7 Å². The number of nitrogens with two attached hydrogens (primary N) is 1. The number of hydrogen-bond donors (Lipinski definition) is 1. The summed E-state index contributed by atoms with van der Waals surface area (Å²) in [6.45, 7) is 0. The van der Waals surface area contributed by atoms with Gasteiger partial charge in [0.15, 0.2) is 5.75 Å². The highest BCUT2D eigenvalue weighted by atomic mass is 35.5. The minimum atomic E-state index is -4.54. The van der Waals surface area contributed by atoms with Gasteiger partial charge in [-0.05, 0) is 18.2 Å². The predicted molar refractivity (Wildman–Crippen MR) is 82.8 cm³/mol. The first-order valence-electron chi connectivity index (χ1n) is 6.20. The Labute approximate surface area is 139 Å². The van der Waals surface area contributed by atoms with Gasteiger partial charge in [-0.25, -0.2) is 9.98 Å². The molecule has 2 aromatic rings. The molecule has 2 N–H and O–H groups in total. The third-order valence-electron chi connectivity index (χ3n) is 2.61. The highest BCUT2D eigenvalue weighted by molar-refractivity contribution is 6.31. The highest BCUT2D eigenvalue weighted by Gasteiger charge is 2.31. The average molecular weight is 364 g/mol. The molecule has 23 heavy (non-hydrogen) atoms. The van der Waals surface area contributed by atoms with E-state index in [1.54, 1.807) is 24.3 Å². The van der Waals surface area contributed by atoms with Crippen LogP contribution >= 0.6 is 23.2 Å². The van der Waals surface area contributed by atoms with Gasteiger partial charge in [0.2, 0.25) is 5.88 Å². The number of aromatic nitrogens is 1. The fraction of sp³-hybridized carbons (Fsp3) is 0.143. The third kappa shape index (κ3) is 4.49. The molecule has 122 valence electrons. The molecule has 0 amide bonds. The summed E-state index contributed by atoms with van der Waals surface area (Å²) in [5, 5.41) is -0.274. The van der Waals surface area contributed by atoms with Crippen LogP contribution in [0, 0.1) is 0 Å². The maximum Gasteiger partial charge on any atom is 0.417 e. The van der Waals surface area contributed by atoms with E-state index >= 15 is 0 Å². The van der Waals surface area contributed by atoms with E-state index in [4.69, 9.17) is 33.7 Å². The number of hydrogen-bond acceptors (Lipinski definition) is 3. The Morgan fingerprint density at radius 1 is 1.30 bits per heavy atom. The highest BCUT2D eigenvalue weighted by Crippen LogP contribution is 2.37. The zero-order valence-corrected chi connectivity index (χ0v) is 13.0. The number of aliphatic imine (C=N–C) groups is 1. The first-order valence-corrected chi connectivity index (χ1v) is 7.11. The number of rotatable bonds is 4. The number of amidine groups is 1. The molecule has 9 heteroatoms. The van der Waals surface area contributed by atoms with Crippen LogP contribution in [0.1, 0.15) is 5.56 Å². The summed E-state index contributed by atoms with van der Waals surface area (Å²) in [7, 11) is 0. The Bertz CT molecular complexity index is 735. The van der Waals surface area contributed by atoms with Gasteiger partial charge < -0.3 is 10.5 Å². The van der Waals surface area contributed by atoms with Gasteiger partial charge in [-0.15, -0.1) is 11.6 Å².